The number of hydrogen-bond donors (Lipinski definition) is 1. The van der Waals surface area contributed by atoms with Crippen LogP contribution in [0.25, 0.3) is 10.2 Å². The van der Waals surface area contributed by atoms with Gasteiger partial charge < -0.3 is 10.1 Å². The topological polar surface area (TPSA) is 34.2 Å². The van der Waals surface area contributed by atoms with Crippen LogP contribution in [0, 0.1) is 5.41 Å². The molecule has 0 spiro atoms. The first kappa shape index (κ1) is 14.0. The molecule has 3 nitrogen and oxygen atoms in total. The number of hydrogen-bond acceptors (Lipinski definition) is 4. The molecule has 3 rings (SSSR count). The predicted octanol–water partition coefficient (Wildman–Crippen LogP) is 3.76. The standard InChI is InChI=1S/C16H22N2OS/c1-16(2,3)8-11-9-17-10-13(19-11)15-18-12-6-4-5-7-14(12)20-15/h4-7,11,13,17H,8-10H2,1-3H3. The van der Waals surface area contributed by atoms with E-state index in [1.807, 2.05) is 6.07 Å². The zero-order chi connectivity index (χ0) is 14.2. The third kappa shape index (κ3) is 3.19. The Morgan fingerprint density at radius 1 is 1.30 bits per heavy atom. The normalized spacial score (nSPS) is 24.1. The summed E-state index contributed by atoms with van der Waals surface area (Å²) in [5.41, 5.74) is 1.37. The van der Waals surface area contributed by atoms with E-state index in [4.69, 9.17) is 9.72 Å². The molecule has 1 aliphatic rings. The van der Waals surface area contributed by atoms with Crippen LogP contribution in [0.1, 0.15) is 38.3 Å². The number of thiazole rings is 1. The molecule has 2 heterocycles. The molecule has 0 aliphatic carbocycles. The van der Waals surface area contributed by atoms with Crippen LogP contribution in [0.2, 0.25) is 0 Å². The number of nitrogens with zero attached hydrogens (tertiary/aromatic N) is 1. The van der Waals surface area contributed by atoms with E-state index in [-0.39, 0.29) is 12.2 Å². The molecule has 1 saturated heterocycles. The monoisotopic (exact) mass is 290 g/mol. The van der Waals surface area contributed by atoms with Gasteiger partial charge in [-0.05, 0) is 24.0 Å². The molecule has 4 heteroatoms. The zero-order valence-corrected chi connectivity index (χ0v) is 13.2. The highest BCUT2D eigenvalue weighted by atomic mass is 32.1. The van der Waals surface area contributed by atoms with Crippen molar-refractivity contribution in [3.63, 3.8) is 0 Å². The summed E-state index contributed by atoms with van der Waals surface area (Å²) < 4.78 is 7.50. The highest BCUT2D eigenvalue weighted by Gasteiger charge is 2.28. The fourth-order valence-corrected chi connectivity index (χ4v) is 3.69. The summed E-state index contributed by atoms with van der Waals surface area (Å²) in [6.07, 6.45) is 1.44. The Bertz CT molecular complexity index is 554. The number of fused-ring (bicyclic) bond motifs is 1. The predicted molar refractivity (Wildman–Crippen MR) is 84.2 cm³/mol. The van der Waals surface area contributed by atoms with Crippen molar-refractivity contribution in [3.8, 4) is 0 Å². The van der Waals surface area contributed by atoms with Gasteiger partial charge in [0.05, 0.1) is 16.3 Å². The van der Waals surface area contributed by atoms with Gasteiger partial charge >= 0.3 is 0 Å². The molecule has 108 valence electrons. The van der Waals surface area contributed by atoms with Crippen LogP contribution in [-0.2, 0) is 4.74 Å². The van der Waals surface area contributed by atoms with E-state index in [0.717, 1.165) is 30.0 Å². The fraction of sp³-hybridized carbons (Fsp3) is 0.562. The zero-order valence-electron chi connectivity index (χ0n) is 12.3. The molecule has 0 saturated carbocycles. The molecule has 20 heavy (non-hydrogen) atoms. The van der Waals surface area contributed by atoms with E-state index in [1.54, 1.807) is 11.3 Å². The van der Waals surface area contributed by atoms with Crippen LogP contribution in [-0.4, -0.2) is 24.2 Å². The largest absolute Gasteiger partial charge is 0.365 e. The summed E-state index contributed by atoms with van der Waals surface area (Å²) in [6.45, 7) is 8.59. The Kier molecular flexibility index (Phi) is 3.80. The van der Waals surface area contributed by atoms with Crippen molar-refractivity contribution in [3.05, 3.63) is 29.3 Å². The van der Waals surface area contributed by atoms with Crippen molar-refractivity contribution in [2.75, 3.05) is 13.1 Å². The minimum atomic E-state index is 0.0912. The number of nitrogens with one attached hydrogen (secondary N) is 1. The summed E-state index contributed by atoms with van der Waals surface area (Å²) in [7, 11) is 0. The summed E-state index contributed by atoms with van der Waals surface area (Å²) in [6, 6.07) is 8.29. The first-order valence-corrected chi connectivity index (χ1v) is 8.04. The van der Waals surface area contributed by atoms with Crippen molar-refractivity contribution >= 4 is 21.6 Å². The van der Waals surface area contributed by atoms with Gasteiger partial charge in [-0.2, -0.15) is 0 Å². The lowest BCUT2D eigenvalue weighted by molar-refractivity contribution is -0.0552. The third-order valence-corrected chi connectivity index (χ3v) is 4.61. The number of benzene rings is 1. The fourth-order valence-electron chi connectivity index (χ4n) is 2.68. The van der Waals surface area contributed by atoms with Crippen LogP contribution in [0.5, 0.6) is 0 Å². The van der Waals surface area contributed by atoms with Gasteiger partial charge in [-0.3, -0.25) is 0 Å². The third-order valence-electron chi connectivity index (χ3n) is 3.48. The van der Waals surface area contributed by atoms with E-state index >= 15 is 0 Å². The number of morpholine rings is 1. The molecular weight excluding hydrogens is 268 g/mol. The van der Waals surface area contributed by atoms with Crippen molar-refractivity contribution in [1.82, 2.24) is 10.3 Å². The SMILES string of the molecule is CC(C)(C)CC1CNCC(c2nc3ccccc3s2)O1. The average Bonchev–Trinajstić information content (AvgIpc) is 2.80. The van der Waals surface area contributed by atoms with Crippen molar-refractivity contribution in [2.45, 2.75) is 39.4 Å². The molecule has 2 atom stereocenters. The van der Waals surface area contributed by atoms with Gasteiger partial charge in [-0.1, -0.05) is 32.9 Å². The molecular formula is C16H22N2OS. The van der Waals surface area contributed by atoms with Gasteiger partial charge in [-0.15, -0.1) is 11.3 Å². The molecule has 2 aromatic rings. The van der Waals surface area contributed by atoms with Crippen LogP contribution in [0.4, 0.5) is 0 Å². The first-order valence-electron chi connectivity index (χ1n) is 7.23. The summed E-state index contributed by atoms with van der Waals surface area (Å²) in [5, 5.41) is 4.59. The second-order valence-corrected chi connectivity index (χ2v) is 7.75. The second-order valence-electron chi connectivity index (χ2n) is 6.69. The van der Waals surface area contributed by atoms with Crippen molar-refractivity contribution < 1.29 is 4.74 Å². The number of rotatable bonds is 2. The summed E-state index contributed by atoms with van der Waals surface area (Å²) >= 11 is 1.75. The van der Waals surface area contributed by atoms with Gasteiger partial charge in [0, 0.05) is 13.1 Å². The lowest BCUT2D eigenvalue weighted by Gasteiger charge is -2.33. The van der Waals surface area contributed by atoms with Crippen LogP contribution >= 0.6 is 11.3 Å². The molecule has 0 amide bonds. The molecule has 1 fully saturated rings. The molecule has 1 aromatic heterocycles. The molecule has 0 radical (unpaired) electrons. The minimum Gasteiger partial charge on any atom is -0.365 e. The molecule has 0 bridgehead atoms. The summed E-state index contributed by atoms with van der Waals surface area (Å²) in [5.74, 6) is 0. The molecule has 1 N–H and O–H groups in total. The van der Waals surface area contributed by atoms with E-state index in [1.165, 1.54) is 4.70 Å². The van der Waals surface area contributed by atoms with Crippen molar-refractivity contribution in [2.24, 2.45) is 5.41 Å². The number of aromatic nitrogens is 1. The van der Waals surface area contributed by atoms with Crippen LogP contribution in [0.15, 0.2) is 24.3 Å². The lowest BCUT2D eigenvalue weighted by Crippen LogP contribution is -2.42. The molecule has 1 aliphatic heterocycles. The smallest absolute Gasteiger partial charge is 0.124 e. The van der Waals surface area contributed by atoms with Gasteiger partial charge in [0.1, 0.15) is 11.1 Å². The average molecular weight is 290 g/mol. The minimum absolute atomic E-state index is 0.0912. The van der Waals surface area contributed by atoms with Gasteiger partial charge in [0.15, 0.2) is 0 Å². The van der Waals surface area contributed by atoms with Gasteiger partial charge in [0.25, 0.3) is 0 Å². The maximum absolute atomic E-state index is 6.26. The Labute approximate surface area is 124 Å². The molecule has 2 unspecified atom stereocenters. The Morgan fingerprint density at radius 2 is 2.10 bits per heavy atom. The Morgan fingerprint density at radius 3 is 2.85 bits per heavy atom. The first-order chi connectivity index (χ1) is 9.51. The summed E-state index contributed by atoms with van der Waals surface area (Å²) in [4.78, 5) is 4.72. The van der Waals surface area contributed by atoms with Gasteiger partial charge in [-0.25, -0.2) is 4.98 Å². The highest BCUT2D eigenvalue weighted by molar-refractivity contribution is 7.18. The number of ether oxygens (including phenoxy) is 1. The maximum atomic E-state index is 6.26. The number of para-hydroxylation sites is 1. The Hall–Kier alpha value is -0.970. The van der Waals surface area contributed by atoms with E-state index in [9.17, 15) is 0 Å². The lowest BCUT2D eigenvalue weighted by atomic mass is 9.89. The van der Waals surface area contributed by atoms with E-state index < -0.39 is 0 Å². The van der Waals surface area contributed by atoms with Gasteiger partial charge in [0.2, 0.25) is 0 Å². The second kappa shape index (κ2) is 5.43. The molecule has 1 aromatic carbocycles. The van der Waals surface area contributed by atoms with Crippen LogP contribution in [0.3, 0.4) is 0 Å². The van der Waals surface area contributed by atoms with Crippen molar-refractivity contribution in [1.29, 1.82) is 0 Å². The van der Waals surface area contributed by atoms with E-state index in [2.05, 4.69) is 44.3 Å². The highest BCUT2D eigenvalue weighted by Crippen LogP contribution is 2.32. The Balaban J connectivity index is 1.76. The quantitative estimate of drug-likeness (QED) is 0.914. The van der Waals surface area contributed by atoms with Crippen LogP contribution < -0.4 is 5.32 Å². The van der Waals surface area contributed by atoms with E-state index in [0.29, 0.717) is 5.41 Å². The maximum Gasteiger partial charge on any atom is 0.124 e.